The molecule has 0 bridgehead atoms. The minimum Gasteiger partial charge on any atom is -0.489 e. The van der Waals surface area contributed by atoms with Gasteiger partial charge in [0, 0.05) is 11.5 Å². The van der Waals surface area contributed by atoms with Crippen LogP contribution < -0.4 is 9.47 Å². The van der Waals surface area contributed by atoms with E-state index in [1.807, 2.05) is 0 Å². The minimum atomic E-state index is 0.329. The minimum absolute atomic E-state index is 0.329. The Labute approximate surface area is 164 Å². The van der Waals surface area contributed by atoms with E-state index in [-0.39, 0.29) is 0 Å². The third kappa shape index (κ3) is 3.48. The van der Waals surface area contributed by atoms with E-state index in [9.17, 15) is 0 Å². The number of rotatable bonds is 6. The molecule has 0 spiro atoms. The van der Waals surface area contributed by atoms with Crippen LogP contribution in [0.25, 0.3) is 0 Å². The summed E-state index contributed by atoms with van der Waals surface area (Å²) in [4.78, 5) is 2.61. The summed E-state index contributed by atoms with van der Waals surface area (Å²) < 4.78 is 12.7. The average Bonchev–Trinajstić information content (AvgIpc) is 3.27. The molecule has 3 nitrogen and oxygen atoms in total. The van der Waals surface area contributed by atoms with Crippen LogP contribution in [-0.2, 0) is 5.41 Å². The molecule has 5 rings (SSSR count). The molecule has 0 N–H and O–H groups in total. The van der Waals surface area contributed by atoms with Crippen molar-refractivity contribution in [1.82, 2.24) is 4.90 Å². The van der Waals surface area contributed by atoms with Gasteiger partial charge in [0.15, 0.2) is 11.5 Å². The van der Waals surface area contributed by atoms with E-state index in [1.165, 1.54) is 82.7 Å². The third-order valence-corrected chi connectivity index (χ3v) is 7.72. The molecule has 4 fully saturated rings. The maximum Gasteiger partial charge on any atom is 0.161 e. The third-order valence-electron chi connectivity index (χ3n) is 7.72. The van der Waals surface area contributed by atoms with Crippen LogP contribution in [0.2, 0.25) is 0 Å². The van der Waals surface area contributed by atoms with E-state index in [2.05, 4.69) is 30.1 Å². The van der Waals surface area contributed by atoms with Crippen molar-refractivity contribution in [1.29, 1.82) is 0 Å². The maximum atomic E-state index is 6.52. The Morgan fingerprint density at radius 1 is 0.963 bits per heavy atom. The molecule has 3 saturated carbocycles. The molecule has 0 amide bonds. The summed E-state index contributed by atoms with van der Waals surface area (Å²) in [6, 6.07) is 7.66. The molecule has 3 aliphatic carbocycles. The van der Waals surface area contributed by atoms with Crippen LogP contribution >= 0.6 is 0 Å². The first-order chi connectivity index (χ1) is 13.2. The normalized spacial score (nSPS) is 31.8. The first-order valence-corrected chi connectivity index (χ1v) is 11.4. The highest BCUT2D eigenvalue weighted by Gasteiger charge is 2.48. The lowest BCUT2D eigenvalue weighted by Gasteiger charge is -2.42. The zero-order valence-electron chi connectivity index (χ0n) is 16.9. The molecule has 27 heavy (non-hydrogen) atoms. The second-order valence-corrected chi connectivity index (χ2v) is 9.59. The molecule has 1 aromatic carbocycles. The summed E-state index contributed by atoms with van der Waals surface area (Å²) in [5.74, 6) is 2.77. The Kier molecular flexibility index (Phi) is 4.83. The molecule has 1 saturated heterocycles. The average molecular weight is 370 g/mol. The summed E-state index contributed by atoms with van der Waals surface area (Å²) in [6.45, 7) is 2.08. The van der Waals surface area contributed by atoms with Crippen LogP contribution in [-0.4, -0.2) is 37.2 Å². The van der Waals surface area contributed by atoms with Crippen molar-refractivity contribution in [3.63, 3.8) is 0 Å². The lowest BCUT2D eigenvalue weighted by molar-refractivity contribution is 0.177. The van der Waals surface area contributed by atoms with Gasteiger partial charge in [0.2, 0.25) is 0 Å². The number of hydrogen-bond acceptors (Lipinski definition) is 3. The predicted molar refractivity (Wildman–Crippen MR) is 109 cm³/mol. The van der Waals surface area contributed by atoms with E-state index in [1.54, 1.807) is 0 Å². The van der Waals surface area contributed by atoms with Gasteiger partial charge in [0.25, 0.3) is 0 Å². The monoisotopic (exact) mass is 369 g/mol. The second kappa shape index (κ2) is 7.31. The molecule has 0 aromatic heterocycles. The summed E-state index contributed by atoms with van der Waals surface area (Å²) in [7, 11) is 2.32. The summed E-state index contributed by atoms with van der Waals surface area (Å²) in [5, 5.41) is 0. The zero-order valence-corrected chi connectivity index (χ0v) is 16.9. The number of likely N-dealkylation sites (tertiary alicyclic amines) is 1. The van der Waals surface area contributed by atoms with Crippen LogP contribution in [0, 0.1) is 5.92 Å². The Morgan fingerprint density at radius 2 is 1.78 bits per heavy atom. The first-order valence-electron chi connectivity index (χ1n) is 11.4. The van der Waals surface area contributed by atoms with Gasteiger partial charge in [-0.05, 0) is 95.0 Å². The SMILES string of the molecule is CN1CC[C@]2(c3ccc(OCC4CC4)c(OC4CCCC4)c3)CCCC[C@H]12. The van der Waals surface area contributed by atoms with Crippen LogP contribution in [0.3, 0.4) is 0 Å². The molecule has 1 aliphatic heterocycles. The molecule has 4 aliphatic rings. The smallest absolute Gasteiger partial charge is 0.161 e. The van der Waals surface area contributed by atoms with Crippen molar-refractivity contribution in [3.8, 4) is 11.5 Å². The molecular formula is C24H35NO2. The van der Waals surface area contributed by atoms with E-state index in [0.29, 0.717) is 17.6 Å². The highest BCUT2D eigenvalue weighted by atomic mass is 16.5. The number of likely N-dealkylation sites (N-methyl/N-ethyl adjacent to an activating group) is 1. The predicted octanol–water partition coefficient (Wildman–Crippen LogP) is 5.31. The van der Waals surface area contributed by atoms with Crippen LogP contribution in [0.5, 0.6) is 11.5 Å². The van der Waals surface area contributed by atoms with Crippen molar-refractivity contribution in [2.45, 2.75) is 88.2 Å². The summed E-state index contributed by atoms with van der Waals surface area (Å²) in [5.41, 5.74) is 1.83. The van der Waals surface area contributed by atoms with E-state index in [4.69, 9.17) is 9.47 Å². The number of ether oxygens (including phenoxy) is 2. The highest BCUT2D eigenvalue weighted by molar-refractivity contribution is 5.47. The number of nitrogens with zero attached hydrogens (tertiary/aromatic N) is 1. The lowest BCUT2D eigenvalue weighted by atomic mass is 9.66. The van der Waals surface area contributed by atoms with Crippen molar-refractivity contribution >= 4 is 0 Å². The first kappa shape index (κ1) is 17.8. The van der Waals surface area contributed by atoms with Crippen LogP contribution in [0.4, 0.5) is 0 Å². The number of benzene rings is 1. The second-order valence-electron chi connectivity index (χ2n) is 9.59. The van der Waals surface area contributed by atoms with Gasteiger partial charge in [0.05, 0.1) is 12.7 Å². The lowest BCUT2D eigenvalue weighted by Crippen LogP contribution is -2.43. The Bertz CT molecular complexity index is 660. The number of fused-ring (bicyclic) bond motifs is 1. The fourth-order valence-electron chi connectivity index (χ4n) is 5.87. The molecule has 0 radical (unpaired) electrons. The fourth-order valence-corrected chi connectivity index (χ4v) is 5.87. The van der Waals surface area contributed by atoms with Gasteiger partial charge in [-0.25, -0.2) is 0 Å². The van der Waals surface area contributed by atoms with Gasteiger partial charge in [-0.15, -0.1) is 0 Å². The quantitative estimate of drug-likeness (QED) is 0.678. The van der Waals surface area contributed by atoms with Crippen molar-refractivity contribution in [2.75, 3.05) is 20.2 Å². The molecule has 3 heteroatoms. The largest absolute Gasteiger partial charge is 0.489 e. The van der Waals surface area contributed by atoms with Gasteiger partial charge in [-0.1, -0.05) is 18.9 Å². The highest BCUT2D eigenvalue weighted by Crippen LogP contribution is 2.50. The van der Waals surface area contributed by atoms with Gasteiger partial charge in [-0.3, -0.25) is 0 Å². The Balaban J connectivity index is 1.44. The zero-order chi connectivity index (χ0) is 18.3. The molecule has 1 heterocycles. The maximum absolute atomic E-state index is 6.52. The molecule has 1 aromatic rings. The topological polar surface area (TPSA) is 21.7 Å². The van der Waals surface area contributed by atoms with Gasteiger partial charge < -0.3 is 14.4 Å². The molecule has 2 atom stereocenters. The van der Waals surface area contributed by atoms with Gasteiger partial charge in [-0.2, -0.15) is 0 Å². The van der Waals surface area contributed by atoms with E-state index < -0.39 is 0 Å². The molecular weight excluding hydrogens is 334 g/mol. The van der Waals surface area contributed by atoms with Gasteiger partial charge in [0.1, 0.15) is 0 Å². The van der Waals surface area contributed by atoms with Crippen LogP contribution in [0.15, 0.2) is 18.2 Å². The van der Waals surface area contributed by atoms with E-state index >= 15 is 0 Å². The summed E-state index contributed by atoms with van der Waals surface area (Å²) >= 11 is 0. The molecule has 148 valence electrons. The fraction of sp³-hybridized carbons (Fsp3) is 0.750. The number of hydrogen-bond donors (Lipinski definition) is 0. The van der Waals surface area contributed by atoms with Gasteiger partial charge >= 0.3 is 0 Å². The van der Waals surface area contributed by atoms with Crippen molar-refractivity contribution in [2.24, 2.45) is 5.92 Å². The Morgan fingerprint density at radius 3 is 2.59 bits per heavy atom. The van der Waals surface area contributed by atoms with Crippen molar-refractivity contribution in [3.05, 3.63) is 23.8 Å². The Hall–Kier alpha value is -1.22. The van der Waals surface area contributed by atoms with E-state index in [0.717, 1.165) is 24.0 Å². The molecule has 0 unspecified atom stereocenters. The summed E-state index contributed by atoms with van der Waals surface area (Å²) in [6.07, 6.45) is 14.7. The van der Waals surface area contributed by atoms with Crippen molar-refractivity contribution < 1.29 is 9.47 Å². The standard InChI is InChI=1S/C24H35NO2/c1-25-15-14-24(13-5-4-8-23(24)25)19-11-12-21(26-17-18-9-10-18)22(16-19)27-20-6-2-3-7-20/h11-12,16,18,20,23H,2-10,13-15,17H2,1H3/t23-,24-/m0/s1. The van der Waals surface area contributed by atoms with Crippen LogP contribution in [0.1, 0.15) is 76.2 Å².